The van der Waals surface area contributed by atoms with Gasteiger partial charge in [-0.15, -0.1) is 11.3 Å². The second-order valence-corrected chi connectivity index (χ2v) is 8.09. The molecule has 0 aromatic carbocycles. The summed E-state index contributed by atoms with van der Waals surface area (Å²) < 4.78 is 11.2. The third-order valence-corrected chi connectivity index (χ3v) is 5.57. The fraction of sp³-hybridized carbons (Fsp3) is 0.526. The van der Waals surface area contributed by atoms with E-state index in [0.29, 0.717) is 24.3 Å². The van der Waals surface area contributed by atoms with Gasteiger partial charge in [0.1, 0.15) is 5.01 Å². The van der Waals surface area contributed by atoms with Crippen LogP contribution in [0.25, 0.3) is 0 Å². The quantitative estimate of drug-likeness (QED) is 0.748. The predicted octanol–water partition coefficient (Wildman–Crippen LogP) is 4.27. The van der Waals surface area contributed by atoms with Gasteiger partial charge in [0.25, 0.3) is 0 Å². The second-order valence-electron chi connectivity index (χ2n) is 7.16. The van der Waals surface area contributed by atoms with Gasteiger partial charge in [0.05, 0.1) is 12.6 Å². The summed E-state index contributed by atoms with van der Waals surface area (Å²) in [4.78, 5) is 21.0. The van der Waals surface area contributed by atoms with Crippen molar-refractivity contribution < 1.29 is 14.3 Å². The first-order valence-corrected chi connectivity index (χ1v) is 10.0. The normalized spacial score (nSPS) is 17.6. The average Bonchev–Trinajstić information content (AvgIpc) is 3.55. The molecule has 1 amide bonds. The minimum Gasteiger partial charge on any atom is -0.477 e. The molecule has 6 nitrogen and oxygen atoms in total. The Kier molecular flexibility index (Phi) is 5.06. The van der Waals surface area contributed by atoms with Crippen LogP contribution in [0.5, 0.6) is 11.8 Å². The van der Waals surface area contributed by atoms with Gasteiger partial charge in [0, 0.05) is 23.2 Å². The number of rotatable bonds is 8. The summed E-state index contributed by atoms with van der Waals surface area (Å²) in [6.45, 7) is 2.62. The smallest absolute Gasteiger partial charge is 0.414 e. The van der Waals surface area contributed by atoms with Crippen LogP contribution in [-0.2, 0) is 0 Å². The van der Waals surface area contributed by atoms with Gasteiger partial charge in [-0.3, -0.25) is 0 Å². The van der Waals surface area contributed by atoms with Crippen molar-refractivity contribution in [1.82, 2.24) is 15.3 Å². The molecule has 0 radical (unpaired) electrons. The Bertz CT molecular complexity index is 757. The summed E-state index contributed by atoms with van der Waals surface area (Å²) in [5.74, 6) is 2.11. The van der Waals surface area contributed by atoms with Crippen molar-refractivity contribution in [1.29, 1.82) is 0 Å². The topological polar surface area (TPSA) is 73.3 Å². The number of carbonyl (C=O) groups is 1. The fourth-order valence-corrected chi connectivity index (χ4v) is 3.46. The predicted molar refractivity (Wildman–Crippen MR) is 98.5 cm³/mol. The summed E-state index contributed by atoms with van der Waals surface area (Å²) in [5, 5.41) is 5.78. The van der Waals surface area contributed by atoms with Crippen LogP contribution in [0.2, 0.25) is 0 Å². The molecule has 2 aliphatic rings. The van der Waals surface area contributed by atoms with E-state index in [9.17, 15) is 4.79 Å². The molecule has 138 valence electrons. The lowest BCUT2D eigenvalue weighted by molar-refractivity contribution is 0.192. The number of pyridine rings is 1. The SMILES string of the molecule is Cc1ccc(OC(=O)N[C@@H](CC2CC2)c2nccs2)nc1OCC1CC1. The number of thiazole rings is 1. The highest BCUT2D eigenvalue weighted by atomic mass is 32.1. The standard InChI is InChI=1S/C19H23N3O3S/c1-12-2-7-16(22-17(12)24-11-14-5-6-14)25-19(23)21-15(10-13-3-4-13)18-20-8-9-26-18/h2,7-9,13-15H,3-6,10-11H2,1H3,(H,21,23)/t15-/m0/s1. The largest absolute Gasteiger partial charge is 0.477 e. The minimum absolute atomic E-state index is 0.106. The van der Waals surface area contributed by atoms with Crippen molar-refractivity contribution in [2.75, 3.05) is 6.61 Å². The Balaban J connectivity index is 1.37. The molecule has 26 heavy (non-hydrogen) atoms. The Morgan fingerprint density at radius 2 is 2.12 bits per heavy atom. The van der Waals surface area contributed by atoms with Gasteiger partial charge in [-0.2, -0.15) is 4.98 Å². The summed E-state index contributed by atoms with van der Waals surface area (Å²) in [5.41, 5.74) is 0.938. The van der Waals surface area contributed by atoms with Crippen LogP contribution >= 0.6 is 11.3 Å². The summed E-state index contributed by atoms with van der Waals surface area (Å²) in [6.07, 6.45) is 7.04. The van der Waals surface area contributed by atoms with Crippen LogP contribution in [0, 0.1) is 18.8 Å². The molecule has 0 bridgehead atoms. The van der Waals surface area contributed by atoms with Gasteiger partial charge < -0.3 is 14.8 Å². The molecule has 1 N–H and O–H groups in total. The van der Waals surface area contributed by atoms with Crippen molar-refractivity contribution in [3.05, 3.63) is 34.3 Å². The third-order valence-electron chi connectivity index (χ3n) is 4.68. The third kappa shape index (κ3) is 4.72. The van der Waals surface area contributed by atoms with E-state index in [4.69, 9.17) is 9.47 Å². The molecule has 2 heterocycles. The molecular weight excluding hydrogens is 350 g/mol. The van der Waals surface area contributed by atoms with Crippen LogP contribution in [0.15, 0.2) is 23.7 Å². The maximum absolute atomic E-state index is 12.4. The number of aromatic nitrogens is 2. The molecule has 2 fully saturated rings. The Morgan fingerprint density at radius 1 is 1.31 bits per heavy atom. The van der Waals surface area contributed by atoms with E-state index in [0.717, 1.165) is 17.0 Å². The van der Waals surface area contributed by atoms with E-state index in [1.54, 1.807) is 23.6 Å². The Labute approximate surface area is 157 Å². The number of aryl methyl sites for hydroxylation is 1. The number of ether oxygens (including phenoxy) is 2. The lowest BCUT2D eigenvalue weighted by atomic mass is 10.1. The van der Waals surface area contributed by atoms with Crippen molar-refractivity contribution in [3.8, 4) is 11.8 Å². The molecule has 2 aromatic heterocycles. The maximum Gasteiger partial charge on any atom is 0.414 e. The minimum atomic E-state index is -0.504. The van der Waals surface area contributed by atoms with Crippen molar-refractivity contribution >= 4 is 17.4 Å². The van der Waals surface area contributed by atoms with Crippen LogP contribution in [-0.4, -0.2) is 22.7 Å². The molecule has 0 aliphatic heterocycles. The van der Waals surface area contributed by atoms with E-state index in [-0.39, 0.29) is 11.9 Å². The van der Waals surface area contributed by atoms with Crippen molar-refractivity contribution in [3.63, 3.8) is 0 Å². The number of nitrogens with zero attached hydrogens (tertiary/aromatic N) is 2. The molecule has 0 unspecified atom stereocenters. The van der Waals surface area contributed by atoms with Gasteiger partial charge >= 0.3 is 6.09 Å². The van der Waals surface area contributed by atoms with Crippen LogP contribution in [0.3, 0.4) is 0 Å². The number of amides is 1. The molecule has 2 aromatic rings. The highest BCUT2D eigenvalue weighted by molar-refractivity contribution is 7.09. The molecule has 1 atom stereocenters. The van der Waals surface area contributed by atoms with Gasteiger partial charge in [-0.25, -0.2) is 9.78 Å². The number of nitrogens with one attached hydrogen (secondary N) is 1. The van der Waals surface area contributed by atoms with Crippen LogP contribution in [0.1, 0.15) is 48.7 Å². The van der Waals surface area contributed by atoms with E-state index in [2.05, 4.69) is 15.3 Å². The monoisotopic (exact) mass is 373 g/mol. The number of carbonyl (C=O) groups excluding carboxylic acids is 1. The molecule has 2 saturated carbocycles. The van der Waals surface area contributed by atoms with Crippen LogP contribution < -0.4 is 14.8 Å². The van der Waals surface area contributed by atoms with E-state index in [1.807, 2.05) is 18.4 Å². The molecule has 0 saturated heterocycles. The first-order chi connectivity index (χ1) is 12.7. The molecule has 4 rings (SSSR count). The summed E-state index contributed by atoms with van der Waals surface area (Å²) in [6, 6.07) is 3.45. The molecular formula is C19H23N3O3S. The van der Waals surface area contributed by atoms with E-state index in [1.165, 1.54) is 25.7 Å². The van der Waals surface area contributed by atoms with E-state index < -0.39 is 6.09 Å². The van der Waals surface area contributed by atoms with Gasteiger partial charge in [-0.1, -0.05) is 12.8 Å². The highest BCUT2D eigenvalue weighted by Gasteiger charge is 2.29. The van der Waals surface area contributed by atoms with Gasteiger partial charge in [-0.05, 0) is 44.1 Å². The second kappa shape index (κ2) is 7.61. The zero-order valence-electron chi connectivity index (χ0n) is 14.8. The average molecular weight is 373 g/mol. The zero-order valence-corrected chi connectivity index (χ0v) is 15.6. The first kappa shape index (κ1) is 17.3. The Hall–Kier alpha value is -2.15. The van der Waals surface area contributed by atoms with Crippen LogP contribution in [0.4, 0.5) is 4.79 Å². The van der Waals surface area contributed by atoms with Crippen molar-refractivity contribution in [2.24, 2.45) is 11.8 Å². The number of hydrogen-bond donors (Lipinski definition) is 1. The summed E-state index contributed by atoms with van der Waals surface area (Å²) >= 11 is 1.55. The van der Waals surface area contributed by atoms with Crippen molar-refractivity contribution in [2.45, 2.75) is 45.1 Å². The Morgan fingerprint density at radius 3 is 2.81 bits per heavy atom. The summed E-state index contributed by atoms with van der Waals surface area (Å²) in [7, 11) is 0. The first-order valence-electron chi connectivity index (χ1n) is 9.15. The molecule has 2 aliphatic carbocycles. The maximum atomic E-state index is 12.4. The zero-order chi connectivity index (χ0) is 17.9. The lowest BCUT2D eigenvalue weighted by Crippen LogP contribution is -2.31. The van der Waals surface area contributed by atoms with Gasteiger partial charge in [0.15, 0.2) is 0 Å². The van der Waals surface area contributed by atoms with E-state index >= 15 is 0 Å². The molecule has 0 spiro atoms. The lowest BCUT2D eigenvalue weighted by Gasteiger charge is -2.16. The fourth-order valence-electron chi connectivity index (χ4n) is 2.76. The molecule has 7 heteroatoms. The number of hydrogen-bond acceptors (Lipinski definition) is 6. The van der Waals surface area contributed by atoms with Gasteiger partial charge in [0.2, 0.25) is 11.8 Å². The highest BCUT2D eigenvalue weighted by Crippen LogP contribution is 2.38.